The zero-order valence-corrected chi connectivity index (χ0v) is 27.0. The number of methoxy groups -OCH3 is 1. The van der Waals surface area contributed by atoms with Crippen molar-refractivity contribution in [2.75, 3.05) is 57.6 Å². The van der Waals surface area contributed by atoms with E-state index in [1.807, 2.05) is 6.07 Å². The molecule has 6 rings (SSSR count). The molecule has 252 valence electrons. The van der Waals surface area contributed by atoms with Crippen molar-refractivity contribution in [3.8, 4) is 17.6 Å². The van der Waals surface area contributed by atoms with Gasteiger partial charge in [-0.1, -0.05) is 12.0 Å². The highest BCUT2D eigenvalue weighted by atomic mass is 19.4. The summed E-state index contributed by atoms with van der Waals surface area (Å²) < 4.78 is 53.4. The van der Waals surface area contributed by atoms with Crippen LogP contribution >= 0.6 is 0 Å². The van der Waals surface area contributed by atoms with Crippen molar-refractivity contribution in [1.82, 2.24) is 19.8 Å². The molecular weight excluding hydrogens is 609 g/mol. The van der Waals surface area contributed by atoms with Gasteiger partial charge in [-0.05, 0) is 99.7 Å². The van der Waals surface area contributed by atoms with Crippen molar-refractivity contribution in [2.45, 2.75) is 69.8 Å². The number of halogens is 3. The first-order chi connectivity index (χ1) is 22.7. The van der Waals surface area contributed by atoms with Crippen LogP contribution < -0.4 is 20.7 Å². The van der Waals surface area contributed by atoms with Gasteiger partial charge in [0.05, 0.1) is 37.2 Å². The summed E-state index contributed by atoms with van der Waals surface area (Å²) in [6.45, 7) is 3.03. The molecule has 1 aromatic heterocycles. The number of para-hydroxylation sites is 1. The smallest absolute Gasteiger partial charge is 0.406 e. The summed E-state index contributed by atoms with van der Waals surface area (Å²) >= 11 is 0. The Hall–Kier alpha value is -3.95. The van der Waals surface area contributed by atoms with Gasteiger partial charge in [0, 0.05) is 31.3 Å². The highest BCUT2D eigenvalue weighted by Crippen LogP contribution is 2.41. The van der Waals surface area contributed by atoms with Crippen molar-refractivity contribution in [3.63, 3.8) is 0 Å². The number of carbonyl (C=O) groups is 1. The van der Waals surface area contributed by atoms with Gasteiger partial charge in [0.15, 0.2) is 5.82 Å². The number of rotatable bonds is 8. The van der Waals surface area contributed by atoms with E-state index in [0.717, 1.165) is 62.2 Å². The minimum atomic E-state index is -4.44. The number of alkyl halides is 3. The van der Waals surface area contributed by atoms with Crippen molar-refractivity contribution < 1.29 is 27.4 Å². The number of amides is 1. The first-order valence-corrected chi connectivity index (χ1v) is 16.4. The third-order valence-electron chi connectivity index (χ3n) is 9.99. The second-order valence-corrected chi connectivity index (χ2v) is 12.9. The summed E-state index contributed by atoms with van der Waals surface area (Å²) in [4.78, 5) is 19.2. The maximum absolute atomic E-state index is 13.7. The number of nitrogens with zero attached hydrogens (tertiary/aromatic N) is 3. The van der Waals surface area contributed by atoms with Crippen molar-refractivity contribution in [1.29, 1.82) is 0 Å². The molecule has 1 amide bonds. The van der Waals surface area contributed by atoms with Crippen LogP contribution in [0.2, 0.25) is 0 Å². The summed E-state index contributed by atoms with van der Waals surface area (Å²) in [6.07, 6.45) is 3.39. The van der Waals surface area contributed by atoms with Crippen LogP contribution in [0.4, 0.5) is 24.5 Å². The topological polar surface area (TPSA) is 92.7 Å². The maximum Gasteiger partial charge on any atom is 0.406 e. The number of anilines is 2. The Bertz CT molecular complexity index is 1620. The largest absolute Gasteiger partial charge is 0.495 e. The number of nitrogens with one attached hydrogen (secondary N) is 3. The molecule has 0 unspecified atom stereocenters. The third-order valence-corrected chi connectivity index (χ3v) is 9.99. The molecule has 2 aromatic carbocycles. The van der Waals surface area contributed by atoms with Crippen LogP contribution in [0.1, 0.15) is 61.1 Å². The Kier molecular flexibility index (Phi) is 9.85. The zero-order valence-electron chi connectivity index (χ0n) is 27.0. The Morgan fingerprint density at radius 1 is 1.11 bits per heavy atom. The molecular formula is C35H43F3N6O3. The van der Waals surface area contributed by atoms with Gasteiger partial charge in [0.1, 0.15) is 17.8 Å². The third kappa shape index (κ3) is 7.63. The highest BCUT2D eigenvalue weighted by molar-refractivity contribution is 5.95. The molecule has 12 heteroatoms. The molecule has 3 fully saturated rings. The molecule has 3 aromatic rings. The average Bonchev–Trinajstić information content (AvgIpc) is 3.67. The number of aromatic nitrogens is 2. The molecule has 3 N–H and O–H groups in total. The monoisotopic (exact) mass is 652 g/mol. The molecule has 3 aliphatic rings. The van der Waals surface area contributed by atoms with Crippen molar-refractivity contribution in [3.05, 3.63) is 47.8 Å². The fourth-order valence-electron chi connectivity index (χ4n) is 7.30. The number of benzene rings is 2. The minimum absolute atomic E-state index is 0.0505. The molecule has 1 saturated carbocycles. The Morgan fingerprint density at radius 2 is 1.89 bits per heavy atom. The number of hydrogen-bond acceptors (Lipinski definition) is 7. The van der Waals surface area contributed by atoms with E-state index in [4.69, 9.17) is 9.47 Å². The molecule has 1 aliphatic carbocycles. The predicted molar refractivity (Wildman–Crippen MR) is 176 cm³/mol. The molecule has 47 heavy (non-hydrogen) atoms. The molecule has 0 radical (unpaired) electrons. The van der Waals surface area contributed by atoms with Gasteiger partial charge < -0.3 is 34.9 Å². The predicted octanol–water partition coefficient (Wildman–Crippen LogP) is 5.66. The zero-order chi connectivity index (χ0) is 33.0. The van der Waals surface area contributed by atoms with E-state index in [2.05, 4.69) is 37.7 Å². The number of carbonyl (C=O) groups excluding carboxylic acids is 1. The maximum atomic E-state index is 13.7. The van der Waals surface area contributed by atoms with Gasteiger partial charge in [0.25, 0.3) is 5.91 Å². The molecule has 0 atom stereocenters. The number of likely N-dealkylation sites (tertiary alicyclic amines) is 1. The number of fused-ring (bicyclic) bond motifs is 1. The van der Waals surface area contributed by atoms with Crippen LogP contribution in [0, 0.1) is 17.3 Å². The van der Waals surface area contributed by atoms with E-state index in [1.165, 1.54) is 26.4 Å². The molecule has 3 heterocycles. The molecule has 9 nitrogen and oxygen atoms in total. The lowest BCUT2D eigenvalue weighted by Gasteiger charge is -2.44. The van der Waals surface area contributed by atoms with Crippen LogP contribution in [0.5, 0.6) is 5.75 Å². The van der Waals surface area contributed by atoms with Gasteiger partial charge >= 0.3 is 6.18 Å². The molecule has 0 bridgehead atoms. The van der Waals surface area contributed by atoms with Crippen LogP contribution in [-0.4, -0.2) is 85.6 Å². The Morgan fingerprint density at radius 3 is 2.57 bits per heavy atom. The van der Waals surface area contributed by atoms with E-state index in [-0.39, 0.29) is 24.3 Å². The lowest BCUT2D eigenvalue weighted by molar-refractivity contribution is -0.140. The van der Waals surface area contributed by atoms with E-state index in [0.29, 0.717) is 39.5 Å². The summed E-state index contributed by atoms with van der Waals surface area (Å²) in [6, 6.07) is 11.1. The molecule has 1 spiro atoms. The van der Waals surface area contributed by atoms with Crippen LogP contribution in [0.3, 0.4) is 0 Å². The van der Waals surface area contributed by atoms with Gasteiger partial charge in [-0.25, -0.2) is 4.98 Å². The summed E-state index contributed by atoms with van der Waals surface area (Å²) in [5, 5.41) is 9.29. The van der Waals surface area contributed by atoms with E-state index >= 15 is 0 Å². The van der Waals surface area contributed by atoms with Crippen LogP contribution in [-0.2, 0) is 11.3 Å². The SMILES string of the molecule is CNC(=O)c1ccc(NCC#Cc2nc3c(N[C@H]4CC[C@@H](N5CCC6(CCOC6)CC5)CC4)cccc3n2CC(F)(F)F)c(OC)c1. The summed E-state index contributed by atoms with van der Waals surface area (Å²) in [5.74, 6) is 6.02. The van der Waals surface area contributed by atoms with Crippen LogP contribution in [0.15, 0.2) is 36.4 Å². The summed E-state index contributed by atoms with van der Waals surface area (Å²) in [7, 11) is 3.04. The standard InChI is InChI=1S/C35H43F3N6O3/c1-39-33(45)24-8-13-27(30(21-24)46-2)40-17-4-7-31-42-32-28(5-3-6-29(32)44(31)22-35(36,37)38)41-25-9-11-26(12-10-25)43-18-14-34(15-19-43)16-20-47-23-34/h3,5-6,8,13,21,25-26,40-41H,9-12,14-20,22-23H2,1-2H3,(H,39,45)/t25-,26+. The van der Waals surface area contributed by atoms with Gasteiger partial charge in [-0.3, -0.25) is 4.79 Å². The number of ether oxygens (including phenoxy) is 2. The first kappa shape index (κ1) is 33.0. The van der Waals surface area contributed by atoms with Gasteiger partial charge in [-0.2, -0.15) is 13.2 Å². The van der Waals surface area contributed by atoms with Gasteiger partial charge in [0.2, 0.25) is 0 Å². The lowest BCUT2D eigenvalue weighted by Crippen LogP contribution is -2.47. The lowest BCUT2D eigenvalue weighted by atomic mass is 9.77. The Labute approximate surface area is 273 Å². The molecule has 2 saturated heterocycles. The second-order valence-electron chi connectivity index (χ2n) is 12.9. The van der Waals surface area contributed by atoms with Crippen molar-refractivity contribution >= 4 is 28.3 Å². The first-order valence-electron chi connectivity index (χ1n) is 16.4. The minimum Gasteiger partial charge on any atom is -0.495 e. The van der Waals surface area contributed by atoms with E-state index in [1.54, 1.807) is 37.4 Å². The number of hydrogen-bond donors (Lipinski definition) is 3. The second kappa shape index (κ2) is 14.0. The normalized spacial score (nSPS) is 21.3. The highest BCUT2D eigenvalue weighted by Gasteiger charge is 2.40. The van der Waals surface area contributed by atoms with E-state index < -0.39 is 12.7 Å². The van der Waals surface area contributed by atoms with Gasteiger partial charge in [-0.15, -0.1) is 0 Å². The fourth-order valence-corrected chi connectivity index (χ4v) is 7.30. The quantitative estimate of drug-likeness (QED) is 0.271. The Balaban J connectivity index is 1.13. The van der Waals surface area contributed by atoms with Crippen molar-refractivity contribution in [2.24, 2.45) is 5.41 Å². The van der Waals surface area contributed by atoms with Crippen LogP contribution in [0.25, 0.3) is 11.0 Å². The van der Waals surface area contributed by atoms with E-state index in [9.17, 15) is 18.0 Å². The summed E-state index contributed by atoms with van der Waals surface area (Å²) in [5.41, 5.74) is 3.06. The average molecular weight is 653 g/mol. The number of imidazole rings is 1. The number of piperidine rings is 1. The fraction of sp³-hybridized carbons (Fsp3) is 0.543. The molecule has 2 aliphatic heterocycles.